The van der Waals surface area contributed by atoms with Gasteiger partial charge in [0.2, 0.25) is 5.90 Å². The molecule has 32 heavy (non-hydrogen) atoms. The van der Waals surface area contributed by atoms with Crippen LogP contribution in [0.15, 0.2) is 41.4 Å². The Morgan fingerprint density at radius 3 is 2.75 bits per heavy atom. The summed E-state index contributed by atoms with van der Waals surface area (Å²) in [5.74, 6) is 0.515. The zero-order valence-electron chi connectivity index (χ0n) is 17.7. The number of hydrogen-bond donors (Lipinski definition) is 3. The molecule has 0 saturated heterocycles. The fraction of sp³-hybridized carbons (Fsp3) is 0.318. The van der Waals surface area contributed by atoms with Crippen molar-refractivity contribution in [1.82, 2.24) is 15.3 Å². The third-order valence-corrected chi connectivity index (χ3v) is 4.86. The van der Waals surface area contributed by atoms with E-state index in [9.17, 15) is 8.78 Å². The van der Waals surface area contributed by atoms with Crippen molar-refractivity contribution >= 4 is 35.3 Å². The van der Waals surface area contributed by atoms with Gasteiger partial charge in [-0.1, -0.05) is 11.6 Å². The first-order valence-corrected chi connectivity index (χ1v) is 10.1. The van der Waals surface area contributed by atoms with Gasteiger partial charge in [0, 0.05) is 31.7 Å². The highest BCUT2D eigenvalue weighted by atomic mass is 35.5. The maximum Gasteiger partial charge on any atom is 0.216 e. The highest BCUT2D eigenvalue weighted by Gasteiger charge is 2.22. The largest absolute Gasteiger partial charge is 0.471 e. The molecule has 2 aromatic carbocycles. The first-order valence-electron chi connectivity index (χ1n) is 9.75. The first kappa shape index (κ1) is 25.4. The molecule has 2 unspecified atom stereocenters. The quantitative estimate of drug-likeness (QED) is 0.517. The highest BCUT2D eigenvalue weighted by Crippen LogP contribution is 2.19. The van der Waals surface area contributed by atoms with Gasteiger partial charge in [0.25, 0.3) is 0 Å². The lowest BCUT2D eigenvalue weighted by Crippen LogP contribution is -2.36. The van der Waals surface area contributed by atoms with E-state index in [-0.39, 0.29) is 23.0 Å². The van der Waals surface area contributed by atoms with E-state index in [1.807, 2.05) is 13.7 Å². The molecule has 4 rings (SSSR count). The number of H-pyrrole nitrogens is 1. The van der Waals surface area contributed by atoms with Crippen LogP contribution in [-0.4, -0.2) is 60.1 Å². The van der Waals surface area contributed by atoms with Crippen LogP contribution in [-0.2, 0) is 16.0 Å². The number of rotatable bonds is 6. The van der Waals surface area contributed by atoms with Crippen molar-refractivity contribution < 1.29 is 23.4 Å². The number of halogens is 3. The number of nitrogens with one attached hydrogen (secondary N) is 2. The minimum Gasteiger partial charge on any atom is -0.471 e. The van der Waals surface area contributed by atoms with Gasteiger partial charge in [-0.2, -0.15) is 0 Å². The molecule has 1 aliphatic heterocycles. The summed E-state index contributed by atoms with van der Waals surface area (Å²) < 4.78 is 32.4. The molecule has 0 fully saturated rings. The van der Waals surface area contributed by atoms with Crippen molar-refractivity contribution in [3.05, 3.63) is 64.4 Å². The molecule has 7 nitrogen and oxygen atoms in total. The summed E-state index contributed by atoms with van der Waals surface area (Å²) in [5, 5.41) is 10.4. The SMILES string of the molecule is C=O.CC(Cc1nc2ccc(F)cc2[nH]1)NCC1CN=C(c2ccc(F)c(Cl)c2)O1.CO. The number of aromatic nitrogens is 2. The van der Waals surface area contributed by atoms with Crippen molar-refractivity contribution in [3.63, 3.8) is 0 Å². The Hall–Kier alpha value is -2.88. The normalized spacial score (nSPS) is 15.7. The number of nitrogens with zero attached hydrogens (tertiary/aromatic N) is 2. The van der Waals surface area contributed by atoms with E-state index >= 15 is 0 Å². The zero-order chi connectivity index (χ0) is 23.7. The van der Waals surface area contributed by atoms with Crippen molar-refractivity contribution in [2.45, 2.75) is 25.5 Å². The summed E-state index contributed by atoms with van der Waals surface area (Å²) in [6.45, 7) is 5.18. The van der Waals surface area contributed by atoms with Crippen LogP contribution in [0, 0.1) is 11.6 Å². The molecule has 10 heteroatoms. The first-order chi connectivity index (χ1) is 15.5. The summed E-state index contributed by atoms with van der Waals surface area (Å²) >= 11 is 5.82. The van der Waals surface area contributed by atoms with Crippen LogP contribution in [0.5, 0.6) is 0 Å². The topological polar surface area (TPSA) is 99.6 Å². The van der Waals surface area contributed by atoms with Crippen molar-refractivity contribution in [1.29, 1.82) is 0 Å². The van der Waals surface area contributed by atoms with Gasteiger partial charge in [-0.25, -0.2) is 18.8 Å². The Balaban J connectivity index is 0.000000860. The summed E-state index contributed by atoms with van der Waals surface area (Å²) in [7, 11) is 1.00. The third kappa shape index (κ3) is 6.56. The van der Waals surface area contributed by atoms with E-state index in [4.69, 9.17) is 26.2 Å². The molecule has 172 valence electrons. The predicted molar refractivity (Wildman–Crippen MR) is 120 cm³/mol. The van der Waals surface area contributed by atoms with E-state index in [0.717, 1.165) is 18.5 Å². The number of ether oxygens (including phenoxy) is 1. The summed E-state index contributed by atoms with van der Waals surface area (Å²) in [5.41, 5.74) is 2.10. The van der Waals surface area contributed by atoms with Crippen LogP contribution in [0.1, 0.15) is 18.3 Å². The fourth-order valence-electron chi connectivity index (χ4n) is 3.14. The van der Waals surface area contributed by atoms with Crippen LogP contribution in [0.25, 0.3) is 11.0 Å². The Labute approximate surface area is 189 Å². The van der Waals surface area contributed by atoms with Gasteiger partial charge in [-0.05, 0) is 43.3 Å². The van der Waals surface area contributed by atoms with Crippen LogP contribution in [0.2, 0.25) is 5.02 Å². The molecule has 0 bridgehead atoms. The van der Waals surface area contributed by atoms with Gasteiger partial charge in [0.1, 0.15) is 30.4 Å². The fourth-order valence-corrected chi connectivity index (χ4v) is 3.32. The highest BCUT2D eigenvalue weighted by molar-refractivity contribution is 6.31. The molecule has 3 N–H and O–H groups in total. The van der Waals surface area contributed by atoms with E-state index in [1.165, 1.54) is 24.3 Å². The van der Waals surface area contributed by atoms with Crippen molar-refractivity contribution in [2.24, 2.45) is 4.99 Å². The van der Waals surface area contributed by atoms with Crippen LogP contribution in [0.3, 0.4) is 0 Å². The van der Waals surface area contributed by atoms with Gasteiger partial charge in [0.05, 0.1) is 22.6 Å². The number of fused-ring (bicyclic) bond motifs is 1. The molecule has 0 saturated carbocycles. The standard InChI is InChI=1S/C20H19ClF2N4O.CH4O.CH2O/c1-11(6-19-26-17-5-3-13(22)8-18(17)27-19)24-9-14-10-25-20(28-14)12-2-4-16(23)15(21)7-12;2*1-2/h2-5,7-8,11,14,24H,6,9-10H2,1H3,(H,26,27);2H,1H3;1H2. The lowest BCUT2D eigenvalue weighted by atomic mass is 10.2. The Bertz CT molecular complexity index is 1060. The number of carbonyl (C=O) groups excluding carboxylic acids is 1. The van der Waals surface area contributed by atoms with Gasteiger partial charge in [-0.3, -0.25) is 0 Å². The smallest absolute Gasteiger partial charge is 0.216 e. The molecule has 0 spiro atoms. The lowest BCUT2D eigenvalue weighted by Gasteiger charge is -2.16. The minimum absolute atomic E-state index is 0.0460. The number of aliphatic hydroxyl groups is 1. The Morgan fingerprint density at radius 2 is 2.03 bits per heavy atom. The molecular formula is C22H25ClF2N4O3. The van der Waals surface area contributed by atoms with Crippen LogP contribution >= 0.6 is 11.6 Å². The summed E-state index contributed by atoms with van der Waals surface area (Å²) in [4.78, 5) is 20.0. The van der Waals surface area contributed by atoms with E-state index in [2.05, 4.69) is 20.3 Å². The minimum atomic E-state index is -0.468. The number of imidazole rings is 1. The lowest BCUT2D eigenvalue weighted by molar-refractivity contribution is -0.0980. The number of carbonyl (C=O) groups is 1. The van der Waals surface area contributed by atoms with Crippen molar-refractivity contribution in [3.8, 4) is 0 Å². The molecule has 2 heterocycles. The van der Waals surface area contributed by atoms with Crippen LogP contribution in [0.4, 0.5) is 8.78 Å². The van der Waals surface area contributed by atoms with Gasteiger partial charge in [0.15, 0.2) is 0 Å². The second-order valence-electron chi connectivity index (χ2n) is 6.87. The third-order valence-electron chi connectivity index (χ3n) is 4.57. The monoisotopic (exact) mass is 466 g/mol. The summed E-state index contributed by atoms with van der Waals surface area (Å²) in [6.07, 6.45) is 0.565. The molecule has 3 aromatic rings. The average Bonchev–Trinajstić information content (AvgIpc) is 3.43. The molecular weight excluding hydrogens is 442 g/mol. The second kappa shape index (κ2) is 12.2. The summed E-state index contributed by atoms with van der Waals surface area (Å²) in [6, 6.07) is 9.06. The van der Waals surface area contributed by atoms with E-state index in [1.54, 1.807) is 12.1 Å². The number of aliphatic imine (C=N–C) groups is 1. The average molecular weight is 467 g/mol. The number of benzene rings is 2. The van der Waals surface area contributed by atoms with Crippen molar-refractivity contribution in [2.75, 3.05) is 20.2 Å². The molecule has 1 aromatic heterocycles. The number of aliphatic hydroxyl groups excluding tert-OH is 1. The maximum atomic E-state index is 13.3. The number of aromatic amines is 1. The van der Waals surface area contributed by atoms with E-state index in [0.29, 0.717) is 36.5 Å². The van der Waals surface area contributed by atoms with E-state index < -0.39 is 5.82 Å². The molecule has 1 aliphatic rings. The van der Waals surface area contributed by atoms with Gasteiger partial charge >= 0.3 is 0 Å². The zero-order valence-corrected chi connectivity index (χ0v) is 18.5. The molecule has 2 atom stereocenters. The Morgan fingerprint density at radius 1 is 1.28 bits per heavy atom. The Kier molecular flexibility index (Phi) is 9.70. The number of hydrogen-bond acceptors (Lipinski definition) is 6. The van der Waals surface area contributed by atoms with Gasteiger partial charge < -0.3 is 24.9 Å². The predicted octanol–water partition coefficient (Wildman–Crippen LogP) is 3.28. The molecule has 0 radical (unpaired) electrons. The molecule has 0 amide bonds. The molecule has 0 aliphatic carbocycles. The maximum absolute atomic E-state index is 13.3. The second-order valence-corrected chi connectivity index (χ2v) is 7.28. The van der Waals surface area contributed by atoms with Gasteiger partial charge in [-0.15, -0.1) is 0 Å². The van der Waals surface area contributed by atoms with Crippen LogP contribution < -0.4 is 5.32 Å².